The summed E-state index contributed by atoms with van der Waals surface area (Å²) in [5.41, 5.74) is 0.895. The summed E-state index contributed by atoms with van der Waals surface area (Å²) in [5, 5.41) is 18.4. The van der Waals surface area contributed by atoms with E-state index in [0.29, 0.717) is 18.5 Å². The molecule has 25 heavy (non-hydrogen) atoms. The van der Waals surface area contributed by atoms with E-state index in [2.05, 4.69) is 29.2 Å². The van der Waals surface area contributed by atoms with E-state index < -0.39 is 0 Å². The summed E-state index contributed by atoms with van der Waals surface area (Å²) < 4.78 is 7.08. The lowest BCUT2D eigenvalue weighted by Crippen LogP contribution is -2.47. The standard InChI is InChI=1S/C18H27N5O2/c1-12(2)20-15-9-13(6-7-16(15)24)18-21-17(11-25-3)22-23(18)14-5-4-8-19-10-14/h4-5,8,10,12-13,15-16,20,24H,6-7,9,11H2,1-3H3/t13-,15+,16+/m0/s1. The molecule has 0 amide bonds. The van der Waals surface area contributed by atoms with E-state index in [1.54, 1.807) is 19.5 Å². The molecule has 1 saturated carbocycles. The average Bonchev–Trinajstić information content (AvgIpc) is 3.01. The minimum absolute atomic E-state index is 0.0728. The van der Waals surface area contributed by atoms with Crippen LogP contribution in [0.4, 0.5) is 0 Å². The number of rotatable bonds is 6. The van der Waals surface area contributed by atoms with Crippen molar-refractivity contribution >= 4 is 0 Å². The molecule has 2 N–H and O–H groups in total. The Kier molecular flexibility index (Phi) is 5.78. The Morgan fingerprint density at radius 3 is 2.92 bits per heavy atom. The first kappa shape index (κ1) is 18.0. The van der Waals surface area contributed by atoms with Crippen LogP contribution in [-0.2, 0) is 11.3 Å². The minimum atomic E-state index is -0.313. The fraction of sp³-hybridized carbons (Fsp3) is 0.611. The number of nitrogens with zero attached hydrogens (tertiary/aromatic N) is 4. The maximum Gasteiger partial charge on any atom is 0.176 e. The molecule has 3 rings (SSSR count). The van der Waals surface area contributed by atoms with Crippen LogP contribution >= 0.6 is 0 Å². The molecule has 0 aliphatic heterocycles. The first-order valence-electron chi connectivity index (χ1n) is 8.87. The van der Waals surface area contributed by atoms with Crippen molar-refractivity contribution < 1.29 is 9.84 Å². The van der Waals surface area contributed by atoms with Crippen LogP contribution in [0, 0.1) is 0 Å². The summed E-state index contributed by atoms with van der Waals surface area (Å²) in [7, 11) is 1.64. The molecule has 0 spiro atoms. The van der Waals surface area contributed by atoms with Gasteiger partial charge in [0.1, 0.15) is 12.4 Å². The summed E-state index contributed by atoms with van der Waals surface area (Å²) in [6.45, 7) is 4.58. The van der Waals surface area contributed by atoms with Crippen LogP contribution in [0.2, 0.25) is 0 Å². The summed E-state index contributed by atoms with van der Waals surface area (Å²) >= 11 is 0. The molecule has 1 aliphatic carbocycles. The van der Waals surface area contributed by atoms with Crippen LogP contribution in [-0.4, -0.2) is 50.2 Å². The molecule has 3 atom stereocenters. The molecular weight excluding hydrogens is 318 g/mol. The average molecular weight is 345 g/mol. The van der Waals surface area contributed by atoms with Crippen LogP contribution in [0.5, 0.6) is 0 Å². The zero-order valence-corrected chi connectivity index (χ0v) is 15.1. The maximum absolute atomic E-state index is 10.3. The molecule has 0 bridgehead atoms. The third-order valence-electron chi connectivity index (χ3n) is 4.57. The van der Waals surface area contributed by atoms with Gasteiger partial charge in [0.2, 0.25) is 0 Å². The lowest BCUT2D eigenvalue weighted by molar-refractivity contribution is 0.0779. The van der Waals surface area contributed by atoms with E-state index >= 15 is 0 Å². The zero-order chi connectivity index (χ0) is 17.8. The number of ether oxygens (including phenoxy) is 1. The van der Waals surface area contributed by atoms with Crippen LogP contribution in [0.3, 0.4) is 0 Å². The highest BCUT2D eigenvalue weighted by Crippen LogP contribution is 2.33. The molecule has 7 heteroatoms. The first-order valence-corrected chi connectivity index (χ1v) is 8.87. The van der Waals surface area contributed by atoms with Crippen molar-refractivity contribution in [3.05, 3.63) is 36.2 Å². The molecule has 1 aliphatic rings. The first-order chi connectivity index (χ1) is 12.1. The predicted molar refractivity (Wildman–Crippen MR) is 94.5 cm³/mol. The quantitative estimate of drug-likeness (QED) is 0.830. The van der Waals surface area contributed by atoms with Gasteiger partial charge in [-0.15, -0.1) is 5.10 Å². The van der Waals surface area contributed by atoms with E-state index in [0.717, 1.165) is 30.8 Å². The Morgan fingerprint density at radius 2 is 2.24 bits per heavy atom. The minimum Gasteiger partial charge on any atom is -0.392 e. The van der Waals surface area contributed by atoms with Gasteiger partial charge in [0.15, 0.2) is 5.82 Å². The fourth-order valence-corrected chi connectivity index (χ4v) is 3.49. The maximum atomic E-state index is 10.3. The highest BCUT2D eigenvalue weighted by Gasteiger charge is 2.33. The number of methoxy groups -OCH3 is 1. The van der Waals surface area contributed by atoms with Crippen LogP contribution in [0.1, 0.15) is 50.7 Å². The largest absolute Gasteiger partial charge is 0.392 e. The van der Waals surface area contributed by atoms with Gasteiger partial charge in [0.25, 0.3) is 0 Å². The Balaban J connectivity index is 1.90. The lowest BCUT2D eigenvalue weighted by Gasteiger charge is -2.34. The second-order valence-electron chi connectivity index (χ2n) is 6.95. The third kappa shape index (κ3) is 4.23. The smallest absolute Gasteiger partial charge is 0.176 e. The molecule has 2 aromatic heterocycles. The summed E-state index contributed by atoms with van der Waals surface area (Å²) in [5.74, 6) is 1.82. The molecule has 0 unspecified atom stereocenters. The lowest BCUT2D eigenvalue weighted by atomic mass is 9.83. The third-order valence-corrected chi connectivity index (χ3v) is 4.57. The number of pyridine rings is 1. The topological polar surface area (TPSA) is 85.1 Å². The monoisotopic (exact) mass is 345 g/mol. The Hall–Kier alpha value is -1.83. The second kappa shape index (κ2) is 8.03. The number of aliphatic hydroxyl groups excluding tert-OH is 1. The van der Waals surface area contributed by atoms with Crippen LogP contribution < -0.4 is 5.32 Å². The summed E-state index contributed by atoms with van der Waals surface area (Å²) in [6, 6.07) is 4.27. The summed E-state index contributed by atoms with van der Waals surface area (Å²) in [4.78, 5) is 8.93. The molecule has 7 nitrogen and oxygen atoms in total. The number of hydrogen-bond donors (Lipinski definition) is 2. The number of aliphatic hydroxyl groups is 1. The molecular formula is C18H27N5O2. The highest BCUT2D eigenvalue weighted by molar-refractivity contribution is 5.29. The summed E-state index contributed by atoms with van der Waals surface area (Å²) in [6.07, 6.45) is 5.71. The van der Waals surface area contributed by atoms with Gasteiger partial charge in [-0.05, 0) is 31.4 Å². The number of nitrogens with one attached hydrogen (secondary N) is 1. The van der Waals surface area contributed by atoms with Gasteiger partial charge in [0.05, 0.1) is 18.0 Å². The molecule has 1 fully saturated rings. The molecule has 0 aromatic carbocycles. The van der Waals surface area contributed by atoms with Crippen molar-refractivity contribution in [2.24, 2.45) is 0 Å². The van der Waals surface area contributed by atoms with E-state index in [9.17, 15) is 5.11 Å². The van der Waals surface area contributed by atoms with Gasteiger partial charge >= 0.3 is 0 Å². The van der Waals surface area contributed by atoms with Crippen molar-refractivity contribution in [2.75, 3.05) is 7.11 Å². The second-order valence-corrected chi connectivity index (χ2v) is 6.95. The van der Waals surface area contributed by atoms with E-state index in [4.69, 9.17) is 9.72 Å². The molecule has 0 radical (unpaired) electrons. The van der Waals surface area contributed by atoms with Gasteiger partial charge in [-0.2, -0.15) is 0 Å². The van der Waals surface area contributed by atoms with Gasteiger partial charge in [0, 0.05) is 31.3 Å². The highest BCUT2D eigenvalue weighted by atomic mass is 16.5. The van der Waals surface area contributed by atoms with Crippen molar-refractivity contribution in [2.45, 2.75) is 63.8 Å². The van der Waals surface area contributed by atoms with E-state index in [-0.39, 0.29) is 18.1 Å². The number of hydrogen-bond acceptors (Lipinski definition) is 6. The Morgan fingerprint density at radius 1 is 1.40 bits per heavy atom. The van der Waals surface area contributed by atoms with Gasteiger partial charge < -0.3 is 15.2 Å². The van der Waals surface area contributed by atoms with Gasteiger partial charge in [-0.3, -0.25) is 4.98 Å². The Bertz CT molecular complexity index is 673. The van der Waals surface area contributed by atoms with Crippen LogP contribution in [0.15, 0.2) is 24.5 Å². The SMILES string of the molecule is COCc1nc([C@H]2CC[C@@H](O)[C@H](NC(C)C)C2)n(-c2cccnc2)n1. The molecule has 2 aromatic rings. The van der Waals surface area contributed by atoms with Gasteiger partial charge in [-0.1, -0.05) is 13.8 Å². The van der Waals surface area contributed by atoms with Crippen LogP contribution in [0.25, 0.3) is 5.69 Å². The zero-order valence-electron chi connectivity index (χ0n) is 15.1. The van der Waals surface area contributed by atoms with E-state index in [1.165, 1.54) is 0 Å². The fourth-order valence-electron chi connectivity index (χ4n) is 3.49. The molecule has 136 valence electrons. The van der Waals surface area contributed by atoms with Gasteiger partial charge in [-0.25, -0.2) is 9.67 Å². The molecule has 2 heterocycles. The van der Waals surface area contributed by atoms with Crippen molar-refractivity contribution in [3.63, 3.8) is 0 Å². The Labute approximate surface area is 148 Å². The normalized spacial score (nSPS) is 24.0. The molecule has 0 saturated heterocycles. The van der Waals surface area contributed by atoms with Crippen molar-refractivity contribution in [1.82, 2.24) is 25.1 Å². The number of aromatic nitrogens is 4. The van der Waals surface area contributed by atoms with Crippen molar-refractivity contribution in [1.29, 1.82) is 0 Å². The van der Waals surface area contributed by atoms with Crippen molar-refractivity contribution in [3.8, 4) is 5.69 Å². The predicted octanol–water partition coefficient (Wildman–Crippen LogP) is 1.80. The van der Waals surface area contributed by atoms with E-state index in [1.807, 2.05) is 16.8 Å².